The molecule has 1 aliphatic rings. The van der Waals surface area contributed by atoms with Gasteiger partial charge in [-0.2, -0.15) is 0 Å². The molecule has 0 aliphatic heterocycles. The van der Waals surface area contributed by atoms with Gasteiger partial charge in [-0.3, -0.25) is 4.79 Å². The van der Waals surface area contributed by atoms with Gasteiger partial charge in [-0.25, -0.2) is 0 Å². The summed E-state index contributed by atoms with van der Waals surface area (Å²) in [5.74, 6) is 0.337. The Morgan fingerprint density at radius 3 is 2.65 bits per heavy atom. The minimum absolute atomic E-state index is 0.0196. The largest absolute Gasteiger partial charge is 0.300 e. The van der Waals surface area contributed by atoms with E-state index < -0.39 is 0 Å². The maximum absolute atomic E-state index is 12.3. The smallest absolute Gasteiger partial charge is 0.229 e. The molecule has 0 bridgehead atoms. The monoisotopic (exact) mass is 349 g/mol. The third-order valence-electron chi connectivity index (χ3n) is 3.80. The first-order chi connectivity index (χ1) is 10.8. The van der Waals surface area contributed by atoms with Crippen molar-refractivity contribution in [3.8, 4) is 0 Å². The van der Waals surface area contributed by atoms with E-state index in [0.717, 1.165) is 22.9 Å². The second-order valence-corrected chi connectivity index (χ2v) is 8.73. The second kappa shape index (κ2) is 6.21. The third kappa shape index (κ3) is 4.30. The van der Waals surface area contributed by atoms with Gasteiger partial charge in [0.05, 0.1) is 0 Å². The van der Waals surface area contributed by atoms with Gasteiger partial charge in [0.2, 0.25) is 11.0 Å². The highest BCUT2D eigenvalue weighted by Gasteiger charge is 2.44. The lowest BCUT2D eigenvalue weighted by molar-refractivity contribution is -0.117. The molecule has 2 aromatic rings. The van der Waals surface area contributed by atoms with Crippen molar-refractivity contribution in [1.82, 2.24) is 10.2 Å². The molecule has 6 heteroatoms. The van der Waals surface area contributed by atoms with Gasteiger partial charge >= 0.3 is 0 Å². The Morgan fingerprint density at radius 1 is 1.30 bits per heavy atom. The number of nitrogens with one attached hydrogen (secondary N) is 1. The van der Waals surface area contributed by atoms with Crippen molar-refractivity contribution in [2.75, 3.05) is 5.32 Å². The molecule has 4 nitrogen and oxygen atoms in total. The Kier molecular flexibility index (Phi) is 4.43. The first-order valence-electron chi connectivity index (χ1n) is 7.70. The molecule has 0 saturated heterocycles. The average Bonchev–Trinajstić information content (AvgIpc) is 3.14. The third-order valence-corrected chi connectivity index (χ3v) is 4.89. The van der Waals surface area contributed by atoms with Crippen LogP contribution in [-0.4, -0.2) is 16.1 Å². The number of anilines is 1. The first-order valence-corrected chi connectivity index (χ1v) is 8.90. The van der Waals surface area contributed by atoms with Crippen LogP contribution in [0, 0.1) is 11.3 Å². The molecule has 1 aromatic heterocycles. The Bertz CT molecular complexity index is 705. The van der Waals surface area contributed by atoms with Gasteiger partial charge in [0.1, 0.15) is 5.01 Å². The highest BCUT2D eigenvalue weighted by Crippen LogP contribution is 2.48. The molecule has 2 atom stereocenters. The molecule has 122 valence electrons. The molecule has 0 spiro atoms. The predicted molar refractivity (Wildman–Crippen MR) is 94.0 cm³/mol. The van der Waals surface area contributed by atoms with Gasteiger partial charge < -0.3 is 5.32 Å². The lowest BCUT2D eigenvalue weighted by atomic mass is 9.93. The van der Waals surface area contributed by atoms with E-state index in [0.29, 0.717) is 5.13 Å². The van der Waals surface area contributed by atoms with Crippen molar-refractivity contribution in [3.63, 3.8) is 0 Å². The molecule has 0 radical (unpaired) electrons. The van der Waals surface area contributed by atoms with E-state index in [1.165, 1.54) is 16.9 Å². The Balaban J connectivity index is 1.57. The quantitative estimate of drug-likeness (QED) is 0.882. The molecular formula is C17H20ClN3OS. The summed E-state index contributed by atoms with van der Waals surface area (Å²) in [4.78, 5) is 12.3. The fourth-order valence-electron chi connectivity index (χ4n) is 2.59. The van der Waals surface area contributed by atoms with Crippen LogP contribution < -0.4 is 5.32 Å². The normalized spacial score (nSPS) is 20.3. The highest BCUT2D eigenvalue weighted by molar-refractivity contribution is 7.15. The van der Waals surface area contributed by atoms with E-state index in [1.54, 1.807) is 0 Å². The number of hydrogen-bond donors (Lipinski definition) is 1. The number of rotatable bonds is 4. The average molecular weight is 350 g/mol. The van der Waals surface area contributed by atoms with Gasteiger partial charge in [0.25, 0.3) is 0 Å². The number of carbonyl (C=O) groups excluding carboxylic acids is 1. The Morgan fingerprint density at radius 2 is 2.00 bits per heavy atom. The van der Waals surface area contributed by atoms with Gasteiger partial charge in [-0.1, -0.05) is 55.8 Å². The fourth-order valence-corrected chi connectivity index (χ4v) is 3.76. The van der Waals surface area contributed by atoms with Crippen LogP contribution in [0.3, 0.4) is 0 Å². The molecule has 1 amide bonds. The summed E-state index contributed by atoms with van der Waals surface area (Å²) in [6.07, 6.45) is 1.73. The molecular weight excluding hydrogens is 330 g/mol. The van der Waals surface area contributed by atoms with Crippen molar-refractivity contribution in [2.45, 2.75) is 39.5 Å². The predicted octanol–water partition coefficient (Wildman–Crippen LogP) is 4.52. The van der Waals surface area contributed by atoms with Gasteiger partial charge in [0.15, 0.2) is 0 Å². The highest BCUT2D eigenvalue weighted by atomic mass is 35.5. The molecule has 1 saturated carbocycles. The van der Waals surface area contributed by atoms with Gasteiger partial charge in [0, 0.05) is 17.4 Å². The van der Waals surface area contributed by atoms with E-state index in [1.807, 2.05) is 24.3 Å². The lowest BCUT2D eigenvalue weighted by Crippen LogP contribution is -2.14. The minimum atomic E-state index is 0.0196. The summed E-state index contributed by atoms with van der Waals surface area (Å²) in [7, 11) is 0. The minimum Gasteiger partial charge on any atom is -0.300 e. The molecule has 3 rings (SSSR count). The zero-order valence-corrected chi connectivity index (χ0v) is 15.0. The van der Waals surface area contributed by atoms with Gasteiger partial charge in [-0.05, 0) is 35.4 Å². The van der Waals surface area contributed by atoms with E-state index in [9.17, 15) is 4.79 Å². The Labute approximate surface area is 145 Å². The molecule has 1 aromatic carbocycles. The number of benzene rings is 1. The molecule has 23 heavy (non-hydrogen) atoms. The molecule has 1 N–H and O–H groups in total. The fraction of sp³-hybridized carbons (Fsp3) is 0.471. The summed E-state index contributed by atoms with van der Waals surface area (Å²) in [6.45, 7) is 6.48. The second-order valence-electron chi connectivity index (χ2n) is 7.23. The summed E-state index contributed by atoms with van der Waals surface area (Å²) >= 11 is 7.36. The number of halogens is 1. The maximum Gasteiger partial charge on any atom is 0.229 e. The number of nitrogens with zero attached hydrogens (tertiary/aromatic N) is 2. The topological polar surface area (TPSA) is 54.9 Å². The number of hydrogen-bond acceptors (Lipinski definition) is 4. The number of amides is 1. The van der Waals surface area contributed by atoms with Crippen LogP contribution in [0.25, 0.3) is 0 Å². The zero-order chi connectivity index (χ0) is 16.6. The van der Waals surface area contributed by atoms with Gasteiger partial charge in [-0.15, -0.1) is 10.2 Å². The van der Waals surface area contributed by atoms with Crippen molar-refractivity contribution >= 4 is 34.0 Å². The van der Waals surface area contributed by atoms with E-state index in [4.69, 9.17) is 11.6 Å². The lowest BCUT2D eigenvalue weighted by Gasteiger charge is -2.14. The number of carbonyl (C=O) groups is 1. The molecule has 1 aliphatic carbocycles. The van der Waals surface area contributed by atoms with E-state index >= 15 is 0 Å². The van der Waals surface area contributed by atoms with Crippen LogP contribution >= 0.6 is 22.9 Å². The summed E-state index contributed by atoms with van der Waals surface area (Å²) in [6, 6.07) is 7.72. The summed E-state index contributed by atoms with van der Waals surface area (Å²) < 4.78 is 0. The van der Waals surface area contributed by atoms with Crippen LogP contribution in [0.5, 0.6) is 0 Å². The molecule has 1 heterocycles. The van der Waals surface area contributed by atoms with Crippen LogP contribution in [0.15, 0.2) is 24.3 Å². The van der Waals surface area contributed by atoms with Crippen LogP contribution in [0.4, 0.5) is 5.13 Å². The first kappa shape index (κ1) is 16.4. The Hall–Kier alpha value is -1.46. The zero-order valence-electron chi connectivity index (χ0n) is 13.5. The maximum atomic E-state index is 12.3. The standard InChI is InChI=1S/C17H20ClN3OS/c1-17(2,3)9-14-20-21-16(23-14)19-15(22)13-8-12(13)10-4-6-11(18)7-5-10/h4-7,12-13H,8-9H2,1-3H3,(H,19,21,22). The van der Waals surface area contributed by atoms with Crippen LogP contribution in [-0.2, 0) is 11.2 Å². The number of aromatic nitrogens is 2. The molecule has 2 unspecified atom stereocenters. The summed E-state index contributed by atoms with van der Waals surface area (Å²) in [5, 5.41) is 13.4. The summed E-state index contributed by atoms with van der Waals surface area (Å²) in [5.41, 5.74) is 1.33. The van der Waals surface area contributed by atoms with Crippen molar-refractivity contribution in [2.24, 2.45) is 11.3 Å². The van der Waals surface area contributed by atoms with E-state index in [-0.39, 0.29) is 23.2 Å². The van der Waals surface area contributed by atoms with Crippen LogP contribution in [0.1, 0.15) is 43.7 Å². The van der Waals surface area contributed by atoms with Crippen molar-refractivity contribution < 1.29 is 4.79 Å². The van der Waals surface area contributed by atoms with Crippen LogP contribution in [0.2, 0.25) is 5.02 Å². The SMILES string of the molecule is CC(C)(C)Cc1nnc(NC(=O)C2CC2c2ccc(Cl)cc2)s1. The van der Waals surface area contributed by atoms with Crippen molar-refractivity contribution in [1.29, 1.82) is 0 Å². The van der Waals surface area contributed by atoms with Crippen molar-refractivity contribution in [3.05, 3.63) is 39.9 Å². The van der Waals surface area contributed by atoms with E-state index in [2.05, 4.69) is 36.3 Å². The molecule has 1 fully saturated rings.